The van der Waals surface area contributed by atoms with Gasteiger partial charge in [-0.2, -0.15) is 0 Å². The highest BCUT2D eigenvalue weighted by molar-refractivity contribution is 9.10. The van der Waals surface area contributed by atoms with E-state index >= 15 is 0 Å². The number of hydrogen-bond acceptors (Lipinski definition) is 1. The Morgan fingerprint density at radius 2 is 1.67 bits per heavy atom. The number of piperazine rings is 1. The van der Waals surface area contributed by atoms with Crippen molar-refractivity contribution in [3.63, 3.8) is 0 Å². The van der Waals surface area contributed by atoms with E-state index in [1.165, 1.54) is 37.3 Å². The smallest absolute Gasteiger partial charge is 0.133 e. The van der Waals surface area contributed by atoms with Gasteiger partial charge in [0.25, 0.3) is 0 Å². The fourth-order valence-electron chi connectivity index (χ4n) is 3.33. The molecule has 0 saturated carbocycles. The maximum Gasteiger partial charge on any atom is 0.133 e. The van der Waals surface area contributed by atoms with E-state index < -0.39 is 0 Å². The topological polar surface area (TPSA) is 18.1 Å². The Labute approximate surface area is 157 Å². The molecule has 0 amide bonds. The fraction of sp³-hybridized carbons (Fsp3) is 0.368. The molecule has 0 radical (unpaired) electrons. The van der Waals surface area contributed by atoms with E-state index in [4.69, 9.17) is 16.3 Å². The van der Waals surface area contributed by atoms with Gasteiger partial charge in [0.2, 0.25) is 0 Å². The van der Waals surface area contributed by atoms with E-state index in [-0.39, 0.29) is 0 Å². The zero-order chi connectivity index (χ0) is 16.9. The zero-order valence-corrected chi connectivity index (χ0v) is 16.3. The predicted molar refractivity (Wildman–Crippen MR) is 101 cm³/mol. The number of quaternary nitrogens is 2. The second kappa shape index (κ2) is 8.34. The molecule has 5 heteroatoms. The standard InChI is InChI=1S/C19H22BrClN2O/c1-24-19-7-6-15(12-17(19)20)13-22-8-10-23(11-9-22)14-16-4-2-3-5-18(16)21/h2-7,12H,8-11,13-14H2,1H3/p+2. The molecule has 0 bridgehead atoms. The molecule has 1 heterocycles. The molecule has 0 atom stereocenters. The number of nitrogens with one attached hydrogen (secondary N) is 2. The van der Waals surface area contributed by atoms with Crippen LogP contribution < -0.4 is 14.5 Å². The van der Waals surface area contributed by atoms with Crippen molar-refractivity contribution in [3.05, 3.63) is 63.1 Å². The first kappa shape index (κ1) is 17.7. The van der Waals surface area contributed by atoms with Crippen LogP contribution in [0, 0.1) is 0 Å². The third kappa shape index (κ3) is 4.51. The Hall–Kier alpha value is -1.07. The van der Waals surface area contributed by atoms with Crippen LogP contribution in [0.3, 0.4) is 0 Å². The van der Waals surface area contributed by atoms with Gasteiger partial charge in [0.15, 0.2) is 0 Å². The van der Waals surface area contributed by atoms with Crippen molar-refractivity contribution >= 4 is 27.5 Å². The summed E-state index contributed by atoms with van der Waals surface area (Å²) in [5.74, 6) is 0.891. The monoisotopic (exact) mass is 410 g/mol. The molecule has 2 aromatic rings. The van der Waals surface area contributed by atoms with Gasteiger partial charge < -0.3 is 14.5 Å². The number of rotatable bonds is 5. The Kier molecular flexibility index (Phi) is 6.17. The fourth-order valence-corrected chi connectivity index (χ4v) is 4.12. The van der Waals surface area contributed by atoms with Crippen molar-refractivity contribution in [1.29, 1.82) is 0 Å². The normalized spacial score (nSPS) is 20.8. The third-order valence-electron chi connectivity index (χ3n) is 4.73. The lowest BCUT2D eigenvalue weighted by Gasteiger charge is -2.30. The molecule has 1 saturated heterocycles. The van der Waals surface area contributed by atoms with E-state index in [1.54, 1.807) is 16.9 Å². The molecule has 2 aromatic carbocycles. The van der Waals surface area contributed by atoms with Crippen molar-refractivity contribution < 1.29 is 14.5 Å². The molecular formula is C19H24BrClN2O+2. The van der Waals surface area contributed by atoms with Crippen molar-refractivity contribution in [2.24, 2.45) is 0 Å². The first-order valence-corrected chi connectivity index (χ1v) is 9.56. The lowest BCUT2D eigenvalue weighted by atomic mass is 10.1. The van der Waals surface area contributed by atoms with Crippen molar-refractivity contribution in [3.8, 4) is 5.75 Å². The second-order valence-corrected chi connectivity index (χ2v) is 7.68. The molecule has 3 nitrogen and oxygen atoms in total. The molecule has 1 fully saturated rings. The van der Waals surface area contributed by atoms with Gasteiger partial charge in [-0.3, -0.25) is 0 Å². The average Bonchev–Trinajstić information content (AvgIpc) is 2.59. The molecular weight excluding hydrogens is 388 g/mol. The summed E-state index contributed by atoms with van der Waals surface area (Å²) < 4.78 is 6.33. The molecule has 3 rings (SSSR count). The summed E-state index contributed by atoms with van der Waals surface area (Å²) in [6.45, 7) is 6.88. The summed E-state index contributed by atoms with van der Waals surface area (Å²) in [7, 11) is 1.70. The Bertz CT molecular complexity index is 687. The van der Waals surface area contributed by atoms with Crippen LogP contribution in [0.5, 0.6) is 5.75 Å². The first-order chi connectivity index (χ1) is 11.7. The highest BCUT2D eigenvalue weighted by Gasteiger charge is 2.23. The Balaban J connectivity index is 1.52. The van der Waals surface area contributed by atoms with Crippen LogP contribution in [-0.4, -0.2) is 33.3 Å². The lowest BCUT2D eigenvalue weighted by molar-refractivity contribution is -1.02. The van der Waals surface area contributed by atoms with Crippen molar-refractivity contribution in [2.75, 3.05) is 33.3 Å². The number of benzene rings is 2. The summed E-state index contributed by atoms with van der Waals surface area (Å²) in [5, 5.41) is 0.892. The van der Waals surface area contributed by atoms with Crippen molar-refractivity contribution in [2.45, 2.75) is 13.1 Å². The maximum absolute atomic E-state index is 6.29. The zero-order valence-electron chi connectivity index (χ0n) is 13.9. The van der Waals surface area contributed by atoms with Crippen LogP contribution in [0.2, 0.25) is 5.02 Å². The molecule has 0 spiro atoms. The summed E-state index contributed by atoms with van der Waals surface area (Å²) in [6, 6.07) is 14.6. The summed E-state index contributed by atoms with van der Waals surface area (Å²) >= 11 is 9.86. The minimum Gasteiger partial charge on any atom is -0.496 e. The quantitative estimate of drug-likeness (QED) is 0.765. The highest BCUT2D eigenvalue weighted by Crippen LogP contribution is 2.25. The van der Waals surface area contributed by atoms with Gasteiger partial charge in [-0.05, 0) is 40.2 Å². The SMILES string of the molecule is COc1ccc(C[NH+]2CC[NH+](Cc3ccccc3Cl)CC2)cc1Br. The molecule has 0 aromatic heterocycles. The second-order valence-electron chi connectivity index (χ2n) is 6.41. The first-order valence-electron chi connectivity index (χ1n) is 8.38. The van der Waals surface area contributed by atoms with Crippen LogP contribution in [0.25, 0.3) is 0 Å². The summed E-state index contributed by atoms with van der Waals surface area (Å²) in [5.41, 5.74) is 2.61. The maximum atomic E-state index is 6.29. The van der Waals surface area contributed by atoms with E-state index in [0.29, 0.717) is 0 Å². The van der Waals surface area contributed by atoms with Crippen LogP contribution in [-0.2, 0) is 13.1 Å². The summed E-state index contributed by atoms with van der Waals surface area (Å²) in [6.07, 6.45) is 0. The lowest BCUT2D eigenvalue weighted by Crippen LogP contribution is -3.27. The molecule has 1 aliphatic heterocycles. The predicted octanol–water partition coefficient (Wildman–Crippen LogP) is 1.59. The van der Waals surface area contributed by atoms with E-state index in [0.717, 1.165) is 28.3 Å². The van der Waals surface area contributed by atoms with Crippen LogP contribution in [0.1, 0.15) is 11.1 Å². The van der Waals surface area contributed by atoms with Gasteiger partial charge in [-0.1, -0.05) is 29.8 Å². The molecule has 128 valence electrons. The summed E-state index contributed by atoms with van der Waals surface area (Å²) in [4.78, 5) is 3.28. The Morgan fingerprint density at radius 3 is 2.29 bits per heavy atom. The van der Waals surface area contributed by atoms with E-state index in [9.17, 15) is 0 Å². The van der Waals surface area contributed by atoms with Gasteiger partial charge in [0.05, 0.1) is 11.6 Å². The minimum absolute atomic E-state index is 0.891. The largest absolute Gasteiger partial charge is 0.496 e. The van der Waals surface area contributed by atoms with Gasteiger partial charge >= 0.3 is 0 Å². The van der Waals surface area contributed by atoms with Crippen molar-refractivity contribution in [1.82, 2.24) is 0 Å². The number of halogens is 2. The molecule has 24 heavy (non-hydrogen) atoms. The van der Waals surface area contributed by atoms with Gasteiger partial charge in [-0.15, -0.1) is 0 Å². The molecule has 2 N–H and O–H groups in total. The third-order valence-corrected chi connectivity index (χ3v) is 5.72. The molecule has 1 aliphatic rings. The number of methoxy groups -OCH3 is 1. The van der Waals surface area contributed by atoms with E-state index in [1.807, 2.05) is 18.2 Å². The number of ether oxygens (including phenoxy) is 1. The van der Waals surface area contributed by atoms with Crippen LogP contribution >= 0.6 is 27.5 Å². The van der Waals surface area contributed by atoms with Crippen LogP contribution in [0.4, 0.5) is 0 Å². The van der Waals surface area contributed by atoms with E-state index in [2.05, 4.69) is 40.2 Å². The van der Waals surface area contributed by atoms with Gasteiger partial charge in [0.1, 0.15) is 45.0 Å². The number of hydrogen-bond donors (Lipinski definition) is 2. The highest BCUT2D eigenvalue weighted by atomic mass is 79.9. The average molecular weight is 412 g/mol. The Morgan fingerprint density at radius 1 is 1.00 bits per heavy atom. The van der Waals surface area contributed by atoms with Crippen LogP contribution in [0.15, 0.2) is 46.9 Å². The van der Waals surface area contributed by atoms with Gasteiger partial charge in [0, 0.05) is 16.1 Å². The minimum atomic E-state index is 0.891. The molecule has 0 aliphatic carbocycles. The van der Waals surface area contributed by atoms with Gasteiger partial charge in [-0.25, -0.2) is 0 Å². The molecule has 0 unspecified atom stereocenters.